The molecule has 4 amide bonds. The van der Waals surface area contributed by atoms with E-state index in [4.69, 9.17) is 11.6 Å². The van der Waals surface area contributed by atoms with Crippen molar-refractivity contribution in [2.24, 2.45) is 0 Å². The minimum absolute atomic E-state index is 0.0108. The van der Waals surface area contributed by atoms with Crippen molar-refractivity contribution in [3.05, 3.63) is 63.7 Å². The summed E-state index contributed by atoms with van der Waals surface area (Å²) in [4.78, 5) is 41.5. The highest BCUT2D eigenvalue weighted by Gasteiger charge is 2.38. The molecule has 2 aromatic carbocycles. The van der Waals surface area contributed by atoms with Crippen molar-refractivity contribution < 1.29 is 14.4 Å². The van der Waals surface area contributed by atoms with Gasteiger partial charge in [0.05, 0.1) is 5.69 Å². The lowest BCUT2D eigenvalue weighted by atomic mass is 9.80. The SMILES string of the molecule is CCc1ccc(N2C(=O)NC(=O)/C(=C\c3cc4c(cc3Cl)N(C)C(C)(C)C[C@@H]4C)C2=O)cc1. The summed E-state index contributed by atoms with van der Waals surface area (Å²) in [6.07, 6.45) is 3.28. The first-order valence-electron chi connectivity index (χ1n) is 11.1. The molecule has 172 valence electrons. The van der Waals surface area contributed by atoms with Crippen molar-refractivity contribution in [3.63, 3.8) is 0 Å². The van der Waals surface area contributed by atoms with Crippen molar-refractivity contribution in [2.75, 3.05) is 16.8 Å². The van der Waals surface area contributed by atoms with Crippen LogP contribution in [0.1, 0.15) is 56.7 Å². The van der Waals surface area contributed by atoms with Crippen LogP contribution in [0, 0.1) is 0 Å². The van der Waals surface area contributed by atoms with E-state index in [-0.39, 0.29) is 17.0 Å². The fourth-order valence-corrected chi connectivity index (χ4v) is 4.86. The van der Waals surface area contributed by atoms with Gasteiger partial charge in [0.2, 0.25) is 0 Å². The number of rotatable bonds is 3. The number of nitrogens with zero attached hydrogens (tertiary/aromatic N) is 2. The smallest absolute Gasteiger partial charge is 0.335 e. The molecule has 2 aliphatic heterocycles. The molecule has 0 spiro atoms. The molecule has 2 heterocycles. The van der Waals surface area contributed by atoms with E-state index in [9.17, 15) is 14.4 Å². The topological polar surface area (TPSA) is 69.7 Å². The third kappa shape index (κ3) is 4.04. The molecule has 0 aliphatic carbocycles. The van der Waals surface area contributed by atoms with Gasteiger partial charge in [-0.3, -0.25) is 14.9 Å². The van der Waals surface area contributed by atoms with E-state index in [1.54, 1.807) is 12.1 Å². The summed E-state index contributed by atoms with van der Waals surface area (Å²) in [5.74, 6) is -1.12. The van der Waals surface area contributed by atoms with Gasteiger partial charge in [0.1, 0.15) is 5.57 Å². The summed E-state index contributed by atoms with van der Waals surface area (Å²) >= 11 is 6.60. The van der Waals surface area contributed by atoms with Crippen LogP contribution in [0.4, 0.5) is 16.2 Å². The van der Waals surface area contributed by atoms with Crippen molar-refractivity contribution in [3.8, 4) is 0 Å². The predicted molar refractivity (Wildman–Crippen MR) is 132 cm³/mol. The molecule has 0 bridgehead atoms. The van der Waals surface area contributed by atoms with Crippen LogP contribution in [0.3, 0.4) is 0 Å². The van der Waals surface area contributed by atoms with Gasteiger partial charge in [-0.1, -0.05) is 37.6 Å². The first kappa shape index (κ1) is 23.1. The van der Waals surface area contributed by atoms with E-state index in [1.165, 1.54) is 6.08 Å². The summed E-state index contributed by atoms with van der Waals surface area (Å²) in [6, 6.07) is 10.2. The van der Waals surface area contributed by atoms with Gasteiger partial charge in [0.25, 0.3) is 11.8 Å². The highest BCUT2D eigenvalue weighted by molar-refractivity contribution is 6.40. The minimum Gasteiger partial charge on any atom is -0.369 e. The Balaban J connectivity index is 1.75. The van der Waals surface area contributed by atoms with E-state index >= 15 is 0 Å². The summed E-state index contributed by atoms with van der Waals surface area (Å²) < 4.78 is 0. The lowest BCUT2D eigenvalue weighted by Crippen LogP contribution is -2.54. The number of aryl methyl sites for hydroxylation is 1. The Labute approximate surface area is 199 Å². The average molecular weight is 466 g/mol. The van der Waals surface area contributed by atoms with Crippen LogP contribution in [-0.2, 0) is 16.0 Å². The van der Waals surface area contributed by atoms with Crippen LogP contribution in [0.5, 0.6) is 0 Å². The summed E-state index contributed by atoms with van der Waals surface area (Å²) in [5, 5.41) is 2.71. The standard InChI is InChI=1S/C26H28ClN3O3/c1-6-16-7-9-18(10-8-16)30-24(32)20(23(31)28-25(30)33)12-17-11-19-15(2)14-26(3,4)29(5)22(19)13-21(17)27/h7-13,15H,6,14H2,1-5H3,(H,28,31,33)/b20-12+/t15-/m0/s1. The van der Waals surface area contributed by atoms with Crippen LogP contribution >= 0.6 is 11.6 Å². The fourth-order valence-electron chi connectivity index (χ4n) is 4.64. The van der Waals surface area contributed by atoms with E-state index in [2.05, 4.69) is 31.0 Å². The van der Waals surface area contributed by atoms with E-state index in [0.29, 0.717) is 16.3 Å². The summed E-state index contributed by atoms with van der Waals surface area (Å²) in [5.41, 5.74) is 4.07. The zero-order valence-corrected chi connectivity index (χ0v) is 20.3. The van der Waals surface area contributed by atoms with Gasteiger partial charge >= 0.3 is 6.03 Å². The number of hydrogen-bond donors (Lipinski definition) is 1. The molecule has 1 fully saturated rings. The highest BCUT2D eigenvalue weighted by atomic mass is 35.5. The maximum absolute atomic E-state index is 13.2. The van der Waals surface area contributed by atoms with Gasteiger partial charge in [-0.2, -0.15) is 0 Å². The highest BCUT2D eigenvalue weighted by Crippen LogP contribution is 2.44. The van der Waals surface area contributed by atoms with Gasteiger partial charge < -0.3 is 4.90 Å². The molecule has 2 aliphatic rings. The molecule has 1 N–H and O–H groups in total. The number of amides is 4. The number of halogens is 1. The molecule has 0 saturated carbocycles. The zero-order chi connectivity index (χ0) is 24.1. The van der Waals surface area contributed by atoms with Gasteiger partial charge in [0, 0.05) is 23.3 Å². The monoisotopic (exact) mass is 465 g/mol. The number of carbonyl (C=O) groups is 3. The number of barbiturate groups is 1. The second-order valence-corrected chi connectivity index (χ2v) is 9.79. The van der Waals surface area contributed by atoms with Gasteiger partial charge in [-0.25, -0.2) is 9.69 Å². The van der Waals surface area contributed by atoms with Gasteiger partial charge in [0.15, 0.2) is 0 Å². The molecule has 0 unspecified atom stereocenters. The fraction of sp³-hybridized carbons (Fsp3) is 0.346. The Morgan fingerprint density at radius 2 is 1.82 bits per heavy atom. The van der Waals surface area contributed by atoms with E-state index in [0.717, 1.165) is 34.6 Å². The number of carbonyl (C=O) groups excluding carboxylic acids is 3. The quantitative estimate of drug-likeness (QED) is 0.494. The largest absolute Gasteiger partial charge is 0.369 e. The van der Waals surface area contributed by atoms with Crippen LogP contribution in [0.25, 0.3) is 6.08 Å². The minimum atomic E-state index is -0.764. The number of fused-ring (bicyclic) bond motifs is 1. The first-order valence-corrected chi connectivity index (χ1v) is 11.5. The molecule has 0 aromatic heterocycles. The lowest BCUT2D eigenvalue weighted by molar-refractivity contribution is -0.122. The van der Waals surface area contributed by atoms with E-state index in [1.807, 2.05) is 38.2 Å². The summed E-state index contributed by atoms with van der Waals surface area (Å²) in [7, 11) is 2.05. The number of imide groups is 2. The normalized spacial score (nSPS) is 21.3. The number of hydrogen-bond acceptors (Lipinski definition) is 4. The van der Waals surface area contributed by atoms with Crippen molar-refractivity contribution >= 4 is 46.9 Å². The van der Waals surface area contributed by atoms with Crippen LogP contribution < -0.4 is 15.1 Å². The third-order valence-electron chi connectivity index (χ3n) is 6.76. The van der Waals surface area contributed by atoms with Crippen molar-refractivity contribution in [1.82, 2.24) is 5.32 Å². The maximum atomic E-state index is 13.2. The first-order chi connectivity index (χ1) is 15.5. The Kier molecular flexibility index (Phi) is 5.83. The second-order valence-electron chi connectivity index (χ2n) is 9.39. The third-order valence-corrected chi connectivity index (χ3v) is 7.08. The molecule has 1 atom stereocenters. The lowest BCUT2D eigenvalue weighted by Gasteiger charge is -2.45. The molecule has 7 heteroatoms. The van der Waals surface area contributed by atoms with Crippen LogP contribution in [-0.4, -0.2) is 30.4 Å². The predicted octanol–water partition coefficient (Wildman–Crippen LogP) is 5.29. The molecule has 1 saturated heterocycles. The molecule has 4 rings (SSSR count). The average Bonchev–Trinajstić information content (AvgIpc) is 2.75. The number of urea groups is 1. The Morgan fingerprint density at radius 3 is 2.45 bits per heavy atom. The Bertz CT molecular complexity index is 1180. The van der Waals surface area contributed by atoms with Crippen molar-refractivity contribution in [2.45, 2.75) is 52.0 Å². The molecule has 2 aromatic rings. The van der Waals surface area contributed by atoms with Gasteiger partial charge in [-0.15, -0.1) is 0 Å². The maximum Gasteiger partial charge on any atom is 0.335 e. The van der Waals surface area contributed by atoms with Crippen molar-refractivity contribution in [1.29, 1.82) is 0 Å². The molecule has 33 heavy (non-hydrogen) atoms. The Morgan fingerprint density at radius 1 is 1.15 bits per heavy atom. The van der Waals surface area contributed by atoms with Gasteiger partial charge in [-0.05, 0) is 79.6 Å². The Hall–Kier alpha value is -3.12. The van der Waals surface area contributed by atoms with E-state index < -0.39 is 17.8 Å². The molecule has 0 radical (unpaired) electrons. The molecule has 6 nitrogen and oxygen atoms in total. The van der Waals surface area contributed by atoms with Crippen LogP contribution in [0.2, 0.25) is 5.02 Å². The number of nitrogens with one attached hydrogen (secondary N) is 1. The summed E-state index contributed by atoms with van der Waals surface area (Å²) in [6.45, 7) is 8.58. The molecular formula is C26H28ClN3O3. The van der Waals surface area contributed by atoms with Crippen LogP contribution in [0.15, 0.2) is 42.0 Å². The number of anilines is 2. The number of benzene rings is 2. The molecular weight excluding hydrogens is 438 g/mol. The zero-order valence-electron chi connectivity index (χ0n) is 19.5. The second kappa shape index (κ2) is 8.34.